The number of fused-ring (bicyclic) bond motifs is 3. The zero-order valence-corrected chi connectivity index (χ0v) is 30.9. The highest BCUT2D eigenvalue weighted by atomic mass is 16.5. The Morgan fingerprint density at radius 2 is 1.00 bits per heavy atom. The maximum atomic E-state index is 7.25. The highest BCUT2D eigenvalue weighted by Crippen LogP contribution is 2.55. The second kappa shape index (κ2) is 14.6. The molecule has 1 unspecified atom stereocenters. The fraction of sp³-hybridized carbons (Fsp3) is 0.0370. The van der Waals surface area contributed by atoms with Crippen LogP contribution in [0.1, 0.15) is 39.3 Å². The maximum absolute atomic E-state index is 7.25. The summed E-state index contributed by atoms with van der Waals surface area (Å²) in [7, 11) is 0. The molecule has 8 aromatic rings. The first kappa shape index (κ1) is 33.4. The van der Waals surface area contributed by atoms with Crippen LogP contribution in [-0.2, 0) is 6.42 Å². The predicted octanol–water partition coefficient (Wildman–Crippen LogP) is 13.8. The van der Waals surface area contributed by atoms with E-state index >= 15 is 0 Å². The highest BCUT2D eigenvalue weighted by molar-refractivity contribution is 5.97. The number of hydrogen-bond donors (Lipinski definition) is 0. The summed E-state index contributed by atoms with van der Waals surface area (Å²) in [5.41, 5.74) is 16.3. The van der Waals surface area contributed by atoms with Crippen LogP contribution in [0, 0.1) is 0 Å². The molecule has 0 saturated carbocycles. The molecule has 8 aromatic carbocycles. The molecule has 2 nitrogen and oxygen atoms in total. The number of anilines is 2. The van der Waals surface area contributed by atoms with Gasteiger partial charge in [0.05, 0.1) is 11.4 Å². The second-order valence-corrected chi connectivity index (χ2v) is 14.5. The van der Waals surface area contributed by atoms with Crippen molar-refractivity contribution in [1.29, 1.82) is 0 Å². The van der Waals surface area contributed by atoms with Crippen LogP contribution in [0.3, 0.4) is 0 Å². The lowest BCUT2D eigenvalue weighted by Crippen LogP contribution is -2.26. The summed E-state index contributed by atoms with van der Waals surface area (Å²) in [5, 5.41) is 0. The van der Waals surface area contributed by atoms with E-state index in [0.717, 1.165) is 57.1 Å². The minimum atomic E-state index is 0.123. The summed E-state index contributed by atoms with van der Waals surface area (Å²) >= 11 is 0. The average molecular weight is 718 g/mol. The first-order valence-corrected chi connectivity index (χ1v) is 19.4. The Bertz CT molecular complexity index is 2610. The number of ether oxygens (including phenoxy) is 1. The van der Waals surface area contributed by atoms with E-state index in [-0.39, 0.29) is 5.92 Å². The van der Waals surface area contributed by atoms with Crippen LogP contribution in [0.2, 0.25) is 0 Å². The smallest absolute Gasteiger partial charge is 0.158 e. The number of rotatable bonds is 8. The van der Waals surface area contributed by atoms with E-state index in [1.807, 2.05) is 0 Å². The van der Waals surface area contributed by atoms with Crippen LogP contribution < -0.4 is 9.64 Å². The molecule has 0 aromatic heterocycles. The summed E-state index contributed by atoms with van der Waals surface area (Å²) in [6.07, 6.45) is 3.19. The van der Waals surface area contributed by atoms with Crippen LogP contribution in [0.4, 0.5) is 11.4 Å². The van der Waals surface area contributed by atoms with Crippen LogP contribution in [-0.4, -0.2) is 0 Å². The quantitative estimate of drug-likeness (QED) is 0.145. The molecule has 1 atom stereocenters. The number of nitrogens with zero attached hydrogens (tertiary/aromatic N) is 1. The fourth-order valence-corrected chi connectivity index (χ4v) is 8.34. The van der Waals surface area contributed by atoms with Crippen molar-refractivity contribution in [3.63, 3.8) is 0 Å². The van der Waals surface area contributed by atoms with Gasteiger partial charge in [-0.1, -0.05) is 194 Å². The van der Waals surface area contributed by atoms with Gasteiger partial charge >= 0.3 is 0 Å². The van der Waals surface area contributed by atoms with Gasteiger partial charge < -0.3 is 9.64 Å². The van der Waals surface area contributed by atoms with E-state index in [2.05, 4.69) is 223 Å². The van der Waals surface area contributed by atoms with Gasteiger partial charge in [0, 0.05) is 22.7 Å². The Balaban J connectivity index is 1.13. The molecular formula is C54H39NO. The Morgan fingerprint density at radius 3 is 1.61 bits per heavy atom. The average Bonchev–Trinajstić information content (AvgIpc) is 3.58. The molecule has 266 valence electrons. The first-order chi connectivity index (χ1) is 27.8. The van der Waals surface area contributed by atoms with Crippen molar-refractivity contribution in [2.24, 2.45) is 0 Å². The van der Waals surface area contributed by atoms with E-state index < -0.39 is 0 Å². The highest BCUT2D eigenvalue weighted by Gasteiger charge is 2.41. The van der Waals surface area contributed by atoms with Gasteiger partial charge in [0.2, 0.25) is 0 Å². The lowest BCUT2D eigenvalue weighted by Gasteiger charge is -2.36. The molecule has 0 amide bonds. The van der Waals surface area contributed by atoms with Crippen LogP contribution in [0.15, 0.2) is 218 Å². The molecule has 0 fully saturated rings. The normalized spacial score (nSPS) is 14.0. The summed E-state index contributed by atoms with van der Waals surface area (Å²) < 4.78 is 7.25. The van der Waals surface area contributed by atoms with Gasteiger partial charge in [0.15, 0.2) is 11.5 Å². The van der Waals surface area contributed by atoms with Crippen molar-refractivity contribution in [3.05, 3.63) is 251 Å². The minimum Gasteiger partial charge on any atom is -0.452 e. The van der Waals surface area contributed by atoms with Crippen LogP contribution in [0.25, 0.3) is 39.7 Å². The largest absolute Gasteiger partial charge is 0.452 e. The lowest BCUT2D eigenvalue weighted by molar-refractivity contribution is 0.499. The summed E-state index contributed by atoms with van der Waals surface area (Å²) in [6.45, 7) is 0. The third-order valence-corrected chi connectivity index (χ3v) is 11.1. The molecule has 1 aliphatic heterocycles. The van der Waals surface area contributed by atoms with Crippen molar-refractivity contribution < 1.29 is 4.74 Å². The molecule has 1 heterocycles. The topological polar surface area (TPSA) is 12.5 Å². The van der Waals surface area contributed by atoms with Crippen LogP contribution in [0.5, 0.6) is 5.75 Å². The molecule has 10 rings (SSSR count). The minimum absolute atomic E-state index is 0.123. The third kappa shape index (κ3) is 6.22. The van der Waals surface area contributed by atoms with Crippen molar-refractivity contribution in [2.75, 3.05) is 4.90 Å². The van der Waals surface area contributed by atoms with E-state index in [0.29, 0.717) is 0 Å². The van der Waals surface area contributed by atoms with Gasteiger partial charge in [-0.05, 0) is 80.8 Å². The number of para-hydroxylation sites is 2. The zero-order valence-electron chi connectivity index (χ0n) is 30.9. The molecule has 2 aliphatic rings. The second-order valence-electron chi connectivity index (χ2n) is 14.5. The van der Waals surface area contributed by atoms with Gasteiger partial charge in [0.1, 0.15) is 0 Å². The summed E-state index contributed by atoms with van der Waals surface area (Å²) in [5.74, 6) is 1.90. The third-order valence-electron chi connectivity index (χ3n) is 11.1. The van der Waals surface area contributed by atoms with Gasteiger partial charge in [-0.2, -0.15) is 0 Å². The van der Waals surface area contributed by atoms with Crippen molar-refractivity contribution >= 4 is 28.8 Å². The fourth-order valence-electron chi connectivity index (χ4n) is 8.34. The van der Waals surface area contributed by atoms with E-state index in [1.54, 1.807) is 0 Å². The van der Waals surface area contributed by atoms with Gasteiger partial charge in [-0.15, -0.1) is 0 Å². The molecule has 0 radical (unpaired) electrons. The molecule has 0 N–H and O–H groups in total. The Labute approximate surface area is 329 Å². The van der Waals surface area contributed by atoms with Gasteiger partial charge in [-0.3, -0.25) is 0 Å². The molecule has 0 bridgehead atoms. The number of benzene rings is 8. The molecule has 0 saturated heterocycles. The first-order valence-electron chi connectivity index (χ1n) is 19.4. The van der Waals surface area contributed by atoms with Crippen molar-refractivity contribution in [1.82, 2.24) is 0 Å². The molecule has 0 spiro atoms. The van der Waals surface area contributed by atoms with E-state index in [4.69, 9.17) is 4.74 Å². The molecule has 56 heavy (non-hydrogen) atoms. The monoisotopic (exact) mass is 717 g/mol. The Morgan fingerprint density at radius 1 is 0.482 bits per heavy atom. The molecular weight excluding hydrogens is 679 g/mol. The maximum Gasteiger partial charge on any atom is 0.158 e. The molecule has 2 heteroatoms. The van der Waals surface area contributed by atoms with Gasteiger partial charge in [0.25, 0.3) is 0 Å². The van der Waals surface area contributed by atoms with Gasteiger partial charge in [-0.25, -0.2) is 0 Å². The van der Waals surface area contributed by atoms with Crippen molar-refractivity contribution in [3.8, 4) is 28.0 Å². The van der Waals surface area contributed by atoms with E-state index in [1.165, 1.54) is 39.1 Å². The van der Waals surface area contributed by atoms with Crippen LogP contribution >= 0.6 is 0 Å². The number of hydrogen-bond acceptors (Lipinski definition) is 2. The molecule has 1 aliphatic carbocycles. The standard InChI is InChI=1S/C54H39NO/c1-5-16-38(17-6-1)36-50-47-25-13-14-26-48(47)54-52(50)55(46-23-11-4-12-24-46)51-27-15-22-45(53(51)56-54)37-49(43-32-28-41(29-33-43)39-18-7-2-8-19-39)44-34-30-42(31-35-44)40-20-9-3-10-21-40/h1-35,37,50H,36H2. The predicted molar refractivity (Wildman–Crippen MR) is 233 cm³/mol. The SMILES string of the molecule is C(=C(c1ccc(-c2ccccc2)cc1)c1ccc(-c2ccccc2)cc1)c1cccc2c1OC1=C(C(Cc3ccccc3)c3ccccc31)N2c1ccccc1. The lowest BCUT2D eigenvalue weighted by atomic mass is 9.90. The van der Waals surface area contributed by atoms with Crippen molar-refractivity contribution in [2.45, 2.75) is 12.3 Å². The summed E-state index contributed by atoms with van der Waals surface area (Å²) in [6, 6.07) is 75.9. The Kier molecular flexibility index (Phi) is 8.70. The number of allylic oxidation sites excluding steroid dienone is 1. The van der Waals surface area contributed by atoms with E-state index in [9.17, 15) is 0 Å². The Hall–Kier alpha value is -7.16. The summed E-state index contributed by atoms with van der Waals surface area (Å²) in [4.78, 5) is 2.45. The zero-order chi connectivity index (χ0) is 37.3.